The van der Waals surface area contributed by atoms with E-state index in [9.17, 15) is 14.3 Å². The molecule has 24 heavy (non-hydrogen) atoms. The maximum Gasteiger partial charge on any atom is 0.276 e. The van der Waals surface area contributed by atoms with Crippen molar-refractivity contribution in [3.05, 3.63) is 53.2 Å². The first-order valence-electron chi connectivity index (χ1n) is 8.17. The predicted octanol–water partition coefficient (Wildman–Crippen LogP) is 3.28. The molecule has 0 radical (unpaired) electrons. The third-order valence-electron chi connectivity index (χ3n) is 4.19. The van der Waals surface area contributed by atoms with Crippen LogP contribution in [0, 0.1) is 5.82 Å². The summed E-state index contributed by atoms with van der Waals surface area (Å²) in [5.74, 6) is 0.214. The Morgan fingerprint density at radius 1 is 1.38 bits per heavy atom. The lowest BCUT2D eigenvalue weighted by Crippen LogP contribution is -2.36. The molecule has 1 heterocycles. The Balaban J connectivity index is 1.74. The molecule has 1 saturated carbocycles. The Bertz CT molecular complexity index is 707. The van der Waals surface area contributed by atoms with Crippen LogP contribution < -0.4 is 0 Å². The highest BCUT2D eigenvalue weighted by molar-refractivity contribution is 5.92. The van der Waals surface area contributed by atoms with Crippen molar-refractivity contribution in [1.29, 1.82) is 0 Å². The Hall–Kier alpha value is -2.21. The molecular formula is C18H21FN2O3. The molecule has 1 N–H and O–H groups in total. The Morgan fingerprint density at radius 3 is 2.58 bits per heavy atom. The fourth-order valence-corrected chi connectivity index (χ4v) is 2.57. The molecule has 0 aliphatic heterocycles. The molecule has 1 amide bonds. The first-order chi connectivity index (χ1) is 11.5. The van der Waals surface area contributed by atoms with Crippen molar-refractivity contribution in [3.63, 3.8) is 0 Å². The molecule has 2 aromatic rings. The van der Waals surface area contributed by atoms with Crippen LogP contribution in [0.15, 0.2) is 34.9 Å². The Labute approximate surface area is 140 Å². The van der Waals surface area contributed by atoms with Crippen LogP contribution in [0.5, 0.6) is 0 Å². The van der Waals surface area contributed by atoms with Gasteiger partial charge in [-0.15, -0.1) is 0 Å². The molecule has 0 spiro atoms. The minimum absolute atomic E-state index is 0.117. The van der Waals surface area contributed by atoms with Crippen molar-refractivity contribution in [1.82, 2.24) is 10.1 Å². The van der Waals surface area contributed by atoms with Crippen LogP contribution in [0.2, 0.25) is 0 Å². The quantitative estimate of drug-likeness (QED) is 0.881. The standard InChI is InChI=1S/C18H21FN2O3/c1-11(2)17-9-15(20-24-17)18(23)21(14-7-8-14)10-16(22)12-3-5-13(19)6-4-12/h3-6,9,11,14,16,22H,7-8,10H2,1-2H3. The van der Waals surface area contributed by atoms with Gasteiger partial charge in [-0.3, -0.25) is 4.79 Å². The van der Waals surface area contributed by atoms with Gasteiger partial charge in [-0.05, 0) is 30.5 Å². The normalized spacial score (nSPS) is 15.5. The van der Waals surface area contributed by atoms with Gasteiger partial charge in [-0.25, -0.2) is 4.39 Å². The second-order valence-electron chi connectivity index (χ2n) is 6.53. The minimum atomic E-state index is -0.869. The number of hydrogen-bond donors (Lipinski definition) is 1. The number of halogens is 1. The molecule has 1 aromatic carbocycles. The molecule has 3 rings (SSSR count). The van der Waals surface area contributed by atoms with E-state index in [1.54, 1.807) is 11.0 Å². The van der Waals surface area contributed by atoms with Crippen LogP contribution in [0.25, 0.3) is 0 Å². The zero-order valence-electron chi connectivity index (χ0n) is 13.8. The van der Waals surface area contributed by atoms with Crippen molar-refractivity contribution < 1.29 is 18.8 Å². The largest absolute Gasteiger partial charge is 0.387 e. The SMILES string of the molecule is CC(C)c1cc(C(=O)N(CC(O)c2ccc(F)cc2)C2CC2)no1. The van der Waals surface area contributed by atoms with Gasteiger partial charge in [0.2, 0.25) is 0 Å². The summed E-state index contributed by atoms with van der Waals surface area (Å²) in [6.07, 6.45) is 0.958. The fraction of sp³-hybridized carbons (Fsp3) is 0.444. The monoisotopic (exact) mass is 332 g/mol. The van der Waals surface area contributed by atoms with Gasteiger partial charge in [0.1, 0.15) is 11.6 Å². The van der Waals surface area contributed by atoms with Gasteiger partial charge in [0.15, 0.2) is 5.69 Å². The second kappa shape index (κ2) is 6.73. The molecule has 1 aliphatic rings. The zero-order valence-corrected chi connectivity index (χ0v) is 13.8. The number of aliphatic hydroxyl groups is 1. The van der Waals surface area contributed by atoms with Crippen LogP contribution in [-0.4, -0.2) is 33.7 Å². The highest BCUT2D eigenvalue weighted by atomic mass is 19.1. The lowest BCUT2D eigenvalue weighted by Gasteiger charge is -2.24. The van der Waals surface area contributed by atoms with Gasteiger partial charge >= 0.3 is 0 Å². The Morgan fingerprint density at radius 2 is 2.04 bits per heavy atom. The molecule has 0 saturated heterocycles. The van der Waals surface area contributed by atoms with Crippen molar-refractivity contribution in [2.45, 2.75) is 44.8 Å². The van der Waals surface area contributed by atoms with Crippen LogP contribution >= 0.6 is 0 Å². The van der Waals surface area contributed by atoms with E-state index >= 15 is 0 Å². The van der Waals surface area contributed by atoms with E-state index in [2.05, 4.69) is 5.16 Å². The van der Waals surface area contributed by atoms with E-state index < -0.39 is 6.10 Å². The third-order valence-corrected chi connectivity index (χ3v) is 4.19. The molecule has 5 nitrogen and oxygen atoms in total. The average Bonchev–Trinajstić information content (AvgIpc) is 3.27. The van der Waals surface area contributed by atoms with Crippen molar-refractivity contribution >= 4 is 5.91 Å². The van der Waals surface area contributed by atoms with E-state index in [4.69, 9.17) is 4.52 Å². The molecule has 1 aliphatic carbocycles. The van der Waals surface area contributed by atoms with Crippen molar-refractivity contribution in [2.75, 3.05) is 6.54 Å². The van der Waals surface area contributed by atoms with Gasteiger partial charge in [0.25, 0.3) is 5.91 Å². The summed E-state index contributed by atoms with van der Waals surface area (Å²) in [5, 5.41) is 14.3. The van der Waals surface area contributed by atoms with Gasteiger partial charge in [-0.2, -0.15) is 0 Å². The van der Waals surface area contributed by atoms with E-state index in [-0.39, 0.29) is 35.9 Å². The predicted molar refractivity (Wildman–Crippen MR) is 86.0 cm³/mol. The van der Waals surface area contributed by atoms with Crippen LogP contribution in [0.3, 0.4) is 0 Å². The third kappa shape index (κ3) is 3.64. The molecular weight excluding hydrogens is 311 g/mol. The number of aromatic nitrogens is 1. The summed E-state index contributed by atoms with van der Waals surface area (Å²) < 4.78 is 18.2. The maximum atomic E-state index is 13.0. The highest BCUT2D eigenvalue weighted by Gasteiger charge is 2.35. The first-order valence-corrected chi connectivity index (χ1v) is 8.17. The van der Waals surface area contributed by atoms with E-state index in [1.807, 2.05) is 13.8 Å². The van der Waals surface area contributed by atoms with Crippen molar-refractivity contribution in [3.8, 4) is 0 Å². The summed E-state index contributed by atoms with van der Waals surface area (Å²) in [4.78, 5) is 14.4. The lowest BCUT2D eigenvalue weighted by atomic mass is 10.1. The smallest absolute Gasteiger partial charge is 0.276 e. The van der Waals surface area contributed by atoms with Crippen molar-refractivity contribution in [2.24, 2.45) is 0 Å². The molecule has 1 unspecified atom stereocenters. The first kappa shape index (κ1) is 16.6. The van der Waals surface area contributed by atoms with E-state index in [0.717, 1.165) is 12.8 Å². The average molecular weight is 332 g/mol. The highest BCUT2D eigenvalue weighted by Crippen LogP contribution is 2.30. The van der Waals surface area contributed by atoms with E-state index in [1.165, 1.54) is 24.3 Å². The molecule has 1 aromatic heterocycles. The number of amides is 1. The number of hydrogen-bond acceptors (Lipinski definition) is 4. The van der Waals surface area contributed by atoms with Gasteiger partial charge < -0.3 is 14.5 Å². The summed E-state index contributed by atoms with van der Waals surface area (Å²) in [5.41, 5.74) is 0.842. The Kier molecular flexibility index (Phi) is 4.66. The number of nitrogens with zero attached hydrogens (tertiary/aromatic N) is 2. The summed E-state index contributed by atoms with van der Waals surface area (Å²) in [7, 11) is 0. The maximum absolute atomic E-state index is 13.0. The second-order valence-corrected chi connectivity index (χ2v) is 6.53. The number of rotatable bonds is 6. The number of benzene rings is 1. The van der Waals surface area contributed by atoms with Crippen LogP contribution in [0.4, 0.5) is 4.39 Å². The molecule has 1 fully saturated rings. The minimum Gasteiger partial charge on any atom is -0.387 e. The fourth-order valence-electron chi connectivity index (χ4n) is 2.57. The molecule has 128 valence electrons. The van der Waals surface area contributed by atoms with Gasteiger partial charge in [-0.1, -0.05) is 31.1 Å². The van der Waals surface area contributed by atoms with E-state index in [0.29, 0.717) is 11.3 Å². The summed E-state index contributed by atoms with van der Waals surface area (Å²) >= 11 is 0. The molecule has 6 heteroatoms. The summed E-state index contributed by atoms with van der Waals surface area (Å²) in [6.45, 7) is 4.08. The topological polar surface area (TPSA) is 66.6 Å². The number of carbonyl (C=O) groups is 1. The molecule has 0 bridgehead atoms. The lowest BCUT2D eigenvalue weighted by molar-refractivity contribution is 0.0593. The summed E-state index contributed by atoms with van der Waals surface area (Å²) in [6, 6.07) is 7.44. The van der Waals surface area contributed by atoms with Gasteiger partial charge in [0, 0.05) is 18.0 Å². The van der Waals surface area contributed by atoms with Crippen LogP contribution in [0.1, 0.15) is 60.5 Å². The van der Waals surface area contributed by atoms with Gasteiger partial charge in [0.05, 0.1) is 12.6 Å². The number of aliphatic hydroxyl groups excluding tert-OH is 1. The molecule has 1 atom stereocenters. The zero-order chi connectivity index (χ0) is 17.3. The van der Waals surface area contributed by atoms with Crippen LogP contribution in [-0.2, 0) is 0 Å². The number of carbonyl (C=O) groups excluding carboxylic acids is 1.